The van der Waals surface area contributed by atoms with E-state index in [1.807, 2.05) is 25.0 Å². The van der Waals surface area contributed by atoms with E-state index in [2.05, 4.69) is 16.5 Å². The summed E-state index contributed by atoms with van der Waals surface area (Å²) in [4.78, 5) is 0. The molecular weight excluding hydrogens is 162 g/mol. The summed E-state index contributed by atoms with van der Waals surface area (Å²) in [6.45, 7) is 0. The van der Waals surface area contributed by atoms with Crippen LogP contribution in [0.3, 0.4) is 0 Å². The van der Waals surface area contributed by atoms with Crippen LogP contribution in [0.1, 0.15) is 30.9 Å². The van der Waals surface area contributed by atoms with E-state index in [0.717, 1.165) is 0 Å². The Morgan fingerprint density at radius 2 is 2.38 bits per heavy atom. The summed E-state index contributed by atoms with van der Waals surface area (Å²) in [5.41, 5.74) is 1.26. The van der Waals surface area contributed by atoms with Gasteiger partial charge in [0, 0.05) is 25.2 Å². The van der Waals surface area contributed by atoms with E-state index in [0.29, 0.717) is 12.0 Å². The molecule has 3 nitrogen and oxygen atoms in total. The van der Waals surface area contributed by atoms with E-state index in [9.17, 15) is 0 Å². The van der Waals surface area contributed by atoms with E-state index in [4.69, 9.17) is 0 Å². The smallest absolute Gasteiger partial charge is 0.0655 e. The van der Waals surface area contributed by atoms with E-state index < -0.39 is 0 Å². The Balaban J connectivity index is 2.03. The largest absolute Gasteiger partial charge is 0.317 e. The van der Waals surface area contributed by atoms with Gasteiger partial charge in [0.2, 0.25) is 0 Å². The lowest BCUT2D eigenvalue weighted by Gasteiger charge is -2.07. The highest BCUT2D eigenvalue weighted by Crippen LogP contribution is 2.32. The van der Waals surface area contributed by atoms with Crippen LogP contribution in [0.5, 0.6) is 0 Å². The van der Waals surface area contributed by atoms with Gasteiger partial charge in [0.25, 0.3) is 0 Å². The molecule has 3 heteroatoms. The highest BCUT2D eigenvalue weighted by molar-refractivity contribution is 5.09. The fourth-order valence-corrected chi connectivity index (χ4v) is 2.16. The van der Waals surface area contributed by atoms with Crippen molar-refractivity contribution in [2.75, 3.05) is 7.05 Å². The molecule has 0 spiro atoms. The van der Waals surface area contributed by atoms with Gasteiger partial charge < -0.3 is 5.32 Å². The van der Waals surface area contributed by atoms with Crippen LogP contribution < -0.4 is 5.32 Å². The van der Waals surface area contributed by atoms with Crippen molar-refractivity contribution in [1.29, 1.82) is 0 Å². The van der Waals surface area contributed by atoms with Crippen molar-refractivity contribution in [3.05, 3.63) is 18.0 Å². The third-order valence-electron chi connectivity index (χ3n) is 2.99. The topological polar surface area (TPSA) is 29.9 Å². The van der Waals surface area contributed by atoms with E-state index in [1.54, 1.807) is 0 Å². The molecule has 1 heterocycles. The van der Waals surface area contributed by atoms with Gasteiger partial charge in [-0.15, -0.1) is 0 Å². The molecule has 2 rings (SSSR count). The van der Waals surface area contributed by atoms with Gasteiger partial charge in [-0.05, 0) is 32.4 Å². The average Bonchev–Trinajstić information content (AvgIpc) is 2.71. The minimum Gasteiger partial charge on any atom is -0.317 e. The molecule has 0 saturated heterocycles. The normalized spacial score (nSPS) is 28.2. The number of hydrogen-bond donors (Lipinski definition) is 1. The van der Waals surface area contributed by atoms with Crippen LogP contribution in [0.15, 0.2) is 12.3 Å². The minimum atomic E-state index is 0.679. The van der Waals surface area contributed by atoms with Crippen LogP contribution >= 0.6 is 0 Å². The molecule has 2 unspecified atom stereocenters. The maximum Gasteiger partial charge on any atom is 0.0655 e. The van der Waals surface area contributed by atoms with Gasteiger partial charge in [-0.2, -0.15) is 5.10 Å². The van der Waals surface area contributed by atoms with Crippen molar-refractivity contribution < 1.29 is 0 Å². The molecule has 13 heavy (non-hydrogen) atoms. The molecule has 0 radical (unpaired) electrons. The molecule has 1 aliphatic rings. The number of nitrogens with zero attached hydrogens (tertiary/aromatic N) is 2. The molecule has 72 valence electrons. The van der Waals surface area contributed by atoms with Crippen LogP contribution in [0.2, 0.25) is 0 Å². The van der Waals surface area contributed by atoms with E-state index >= 15 is 0 Å². The maximum atomic E-state index is 4.45. The number of nitrogens with one attached hydrogen (secondary N) is 1. The molecule has 0 bridgehead atoms. The van der Waals surface area contributed by atoms with Gasteiger partial charge in [-0.1, -0.05) is 0 Å². The van der Waals surface area contributed by atoms with Crippen LogP contribution in [0, 0.1) is 0 Å². The first-order chi connectivity index (χ1) is 6.29. The molecule has 1 aromatic rings. The van der Waals surface area contributed by atoms with Gasteiger partial charge in [0.05, 0.1) is 5.69 Å². The first-order valence-corrected chi connectivity index (χ1v) is 4.96. The second-order valence-corrected chi connectivity index (χ2v) is 3.91. The second kappa shape index (κ2) is 3.50. The zero-order valence-corrected chi connectivity index (χ0v) is 8.33. The van der Waals surface area contributed by atoms with Crippen LogP contribution in [-0.2, 0) is 7.05 Å². The lowest BCUT2D eigenvalue weighted by Crippen LogP contribution is -2.21. The lowest BCUT2D eigenvalue weighted by molar-refractivity contribution is 0.566. The molecule has 1 N–H and O–H groups in total. The zero-order chi connectivity index (χ0) is 9.26. The Bertz CT molecular complexity index is 279. The molecule has 1 fully saturated rings. The van der Waals surface area contributed by atoms with Crippen molar-refractivity contribution in [1.82, 2.24) is 15.1 Å². The minimum absolute atomic E-state index is 0.679. The fourth-order valence-electron chi connectivity index (χ4n) is 2.16. The summed E-state index contributed by atoms with van der Waals surface area (Å²) in [7, 11) is 4.03. The van der Waals surface area contributed by atoms with Crippen molar-refractivity contribution in [2.45, 2.75) is 31.2 Å². The van der Waals surface area contributed by atoms with Crippen LogP contribution in [0.4, 0.5) is 0 Å². The summed E-state index contributed by atoms with van der Waals surface area (Å²) in [5, 5.41) is 7.79. The molecule has 1 saturated carbocycles. The molecule has 2 atom stereocenters. The molecule has 0 aromatic carbocycles. The number of hydrogen-bond acceptors (Lipinski definition) is 2. The molecule has 1 aromatic heterocycles. The summed E-state index contributed by atoms with van der Waals surface area (Å²) < 4.78 is 1.89. The van der Waals surface area contributed by atoms with Gasteiger partial charge in [0.15, 0.2) is 0 Å². The number of aromatic nitrogens is 2. The summed E-state index contributed by atoms with van der Waals surface area (Å²) in [5.74, 6) is 0.679. The first-order valence-electron chi connectivity index (χ1n) is 4.96. The average molecular weight is 179 g/mol. The third kappa shape index (κ3) is 1.75. The Morgan fingerprint density at radius 1 is 1.54 bits per heavy atom. The predicted molar refractivity (Wildman–Crippen MR) is 52.6 cm³/mol. The number of aryl methyl sites for hydroxylation is 1. The Labute approximate surface area is 79.1 Å². The Hall–Kier alpha value is -0.830. The van der Waals surface area contributed by atoms with Gasteiger partial charge >= 0.3 is 0 Å². The SMILES string of the molecule is CNC1CCC(c2ccn(C)n2)C1. The van der Waals surface area contributed by atoms with Crippen molar-refractivity contribution in [3.63, 3.8) is 0 Å². The Kier molecular flexibility index (Phi) is 2.36. The molecule has 0 aliphatic heterocycles. The highest BCUT2D eigenvalue weighted by atomic mass is 15.2. The lowest BCUT2D eigenvalue weighted by atomic mass is 10.0. The molecular formula is C10H17N3. The quantitative estimate of drug-likeness (QED) is 0.741. The summed E-state index contributed by atoms with van der Waals surface area (Å²) in [6, 6.07) is 2.84. The van der Waals surface area contributed by atoms with Gasteiger partial charge in [-0.25, -0.2) is 0 Å². The van der Waals surface area contributed by atoms with Gasteiger partial charge in [-0.3, -0.25) is 4.68 Å². The third-order valence-corrected chi connectivity index (χ3v) is 2.99. The highest BCUT2D eigenvalue weighted by Gasteiger charge is 2.25. The number of rotatable bonds is 2. The summed E-state index contributed by atoms with van der Waals surface area (Å²) >= 11 is 0. The predicted octanol–water partition coefficient (Wildman–Crippen LogP) is 1.28. The zero-order valence-electron chi connectivity index (χ0n) is 8.33. The van der Waals surface area contributed by atoms with E-state index in [1.165, 1.54) is 25.0 Å². The molecule has 1 aliphatic carbocycles. The van der Waals surface area contributed by atoms with Gasteiger partial charge in [0.1, 0.15) is 0 Å². The summed E-state index contributed by atoms with van der Waals surface area (Å²) in [6.07, 6.45) is 5.84. The second-order valence-electron chi connectivity index (χ2n) is 3.91. The standard InChI is InChI=1S/C10H17N3/c1-11-9-4-3-8(7-9)10-5-6-13(2)12-10/h5-6,8-9,11H,3-4,7H2,1-2H3. The monoisotopic (exact) mass is 179 g/mol. The van der Waals surface area contributed by atoms with Crippen LogP contribution in [-0.4, -0.2) is 22.9 Å². The van der Waals surface area contributed by atoms with Crippen LogP contribution in [0.25, 0.3) is 0 Å². The van der Waals surface area contributed by atoms with E-state index in [-0.39, 0.29) is 0 Å². The van der Waals surface area contributed by atoms with Crippen molar-refractivity contribution in [2.24, 2.45) is 7.05 Å². The Morgan fingerprint density at radius 3 is 2.92 bits per heavy atom. The fraction of sp³-hybridized carbons (Fsp3) is 0.700. The first kappa shape index (κ1) is 8.75. The van der Waals surface area contributed by atoms with Crippen molar-refractivity contribution in [3.8, 4) is 0 Å². The van der Waals surface area contributed by atoms with Crippen molar-refractivity contribution >= 4 is 0 Å². The maximum absolute atomic E-state index is 4.45. The molecule has 0 amide bonds.